The monoisotopic (exact) mass is 244 g/mol. The number of allylic oxidation sites excluding steroid dienone is 1. The van der Waals surface area contributed by atoms with Gasteiger partial charge in [-0.05, 0) is 23.6 Å². The smallest absolute Gasteiger partial charge is 0.127 e. The van der Waals surface area contributed by atoms with Gasteiger partial charge in [0.2, 0.25) is 0 Å². The van der Waals surface area contributed by atoms with Crippen LogP contribution in [0.4, 0.5) is 4.39 Å². The molecule has 0 amide bonds. The Balaban J connectivity index is 3.01. The first kappa shape index (κ1) is 14.0. The standard InChI is InChI=1S/C15H17FN2/c1-11(2)14-7-6-12(8-15(14)16)4-5-13(9-17)10-18-3/h6-11H,17H2,1-3H3/b13-9-,18-10?. The molecule has 0 atom stereocenters. The van der Waals surface area contributed by atoms with E-state index in [0.29, 0.717) is 16.7 Å². The molecule has 0 aliphatic carbocycles. The average molecular weight is 244 g/mol. The summed E-state index contributed by atoms with van der Waals surface area (Å²) in [5.41, 5.74) is 7.31. The molecule has 0 aromatic heterocycles. The molecular weight excluding hydrogens is 227 g/mol. The predicted molar refractivity (Wildman–Crippen MR) is 74.1 cm³/mol. The first-order valence-electron chi connectivity index (χ1n) is 5.74. The molecule has 2 N–H and O–H groups in total. The van der Waals surface area contributed by atoms with Gasteiger partial charge in [0.25, 0.3) is 0 Å². The maximum absolute atomic E-state index is 13.7. The van der Waals surface area contributed by atoms with Gasteiger partial charge >= 0.3 is 0 Å². The van der Waals surface area contributed by atoms with Crippen LogP contribution in [0.25, 0.3) is 0 Å². The van der Waals surface area contributed by atoms with Crippen LogP contribution in [0.15, 0.2) is 35.0 Å². The molecule has 0 saturated carbocycles. The Kier molecular flexibility index (Phi) is 5.13. The second-order valence-electron chi connectivity index (χ2n) is 4.15. The molecule has 0 unspecified atom stereocenters. The highest BCUT2D eigenvalue weighted by molar-refractivity contribution is 5.84. The number of benzene rings is 1. The number of hydrogen-bond acceptors (Lipinski definition) is 2. The summed E-state index contributed by atoms with van der Waals surface area (Å²) >= 11 is 0. The molecule has 0 bridgehead atoms. The Hall–Kier alpha value is -2.08. The molecule has 0 saturated heterocycles. The van der Waals surface area contributed by atoms with Crippen LogP contribution >= 0.6 is 0 Å². The SMILES string of the molecule is CN=C/C(C#Cc1ccc(C(C)C)c(F)c1)=C\N. The van der Waals surface area contributed by atoms with Gasteiger partial charge in [-0.2, -0.15) is 0 Å². The maximum atomic E-state index is 13.7. The number of nitrogens with zero attached hydrogens (tertiary/aromatic N) is 1. The quantitative estimate of drug-likeness (QED) is 0.630. The molecule has 0 fully saturated rings. The molecule has 1 aromatic rings. The Bertz CT molecular complexity index is 531. The van der Waals surface area contributed by atoms with E-state index in [1.807, 2.05) is 19.9 Å². The van der Waals surface area contributed by atoms with Crippen molar-refractivity contribution in [3.63, 3.8) is 0 Å². The lowest BCUT2D eigenvalue weighted by molar-refractivity contribution is 0.598. The molecule has 0 spiro atoms. The van der Waals surface area contributed by atoms with Crippen molar-refractivity contribution in [2.45, 2.75) is 19.8 Å². The van der Waals surface area contributed by atoms with Crippen molar-refractivity contribution in [3.05, 3.63) is 46.9 Å². The van der Waals surface area contributed by atoms with Crippen molar-refractivity contribution >= 4 is 6.21 Å². The average Bonchev–Trinajstić information content (AvgIpc) is 2.34. The van der Waals surface area contributed by atoms with Gasteiger partial charge in [0, 0.05) is 25.0 Å². The topological polar surface area (TPSA) is 38.4 Å². The summed E-state index contributed by atoms with van der Waals surface area (Å²) in [6, 6.07) is 5.02. The van der Waals surface area contributed by atoms with Crippen molar-refractivity contribution in [2.24, 2.45) is 10.7 Å². The molecule has 0 heterocycles. The minimum Gasteiger partial charge on any atom is -0.404 e. The lowest BCUT2D eigenvalue weighted by Crippen LogP contribution is -1.93. The van der Waals surface area contributed by atoms with Crippen LogP contribution in [0.2, 0.25) is 0 Å². The fraction of sp³-hybridized carbons (Fsp3) is 0.267. The minimum absolute atomic E-state index is 0.165. The molecule has 1 aromatic carbocycles. The summed E-state index contributed by atoms with van der Waals surface area (Å²) < 4.78 is 13.7. The van der Waals surface area contributed by atoms with Crippen molar-refractivity contribution < 1.29 is 4.39 Å². The predicted octanol–water partition coefficient (Wildman–Crippen LogP) is 2.84. The fourth-order valence-corrected chi connectivity index (χ4v) is 1.47. The highest BCUT2D eigenvalue weighted by Crippen LogP contribution is 2.18. The van der Waals surface area contributed by atoms with Crippen LogP contribution in [0.1, 0.15) is 30.9 Å². The summed E-state index contributed by atoms with van der Waals surface area (Å²) in [7, 11) is 1.64. The van der Waals surface area contributed by atoms with Crippen molar-refractivity contribution in [2.75, 3.05) is 7.05 Å². The number of halogens is 1. The molecule has 18 heavy (non-hydrogen) atoms. The van der Waals surface area contributed by atoms with Gasteiger partial charge in [-0.3, -0.25) is 4.99 Å². The number of rotatable bonds is 2. The van der Waals surface area contributed by atoms with E-state index in [4.69, 9.17) is 5.73 Å². The van der Waals surface area contributed by atoms with E-state index in [1.165, 1.54) is 12.3 Å². The molecule has 2 nitrogen and oxygen atoms in total. The number of hydrogen-bond donors (Lipinski definition) is 1. The van der Waals surface area contributed by atoms with Crippen LogP contribution in [0, 0.1) is 17.7 Å². The number of nitrogens with two attached hydrogens (primary N) is 1. The summed E-state index contributed by atoms with van der Waals surface area (Å²) in [6.45, 7) is 3.91. The van der Waals surface area contributed by atoms with Gasteiger partial charge in [-0.15, -0.1) is 0 Å². The van der Waals surface area contributed by atoms with Gasteiger partial charge < -0.3 is 5.73 Å². The molecule has 3 heteroatoms. The highest BCUT2D eigenvalue weighted by Gasteiger charge is 2.05. The Labute approximate surface area is 107 Å². The molecule has 94 valence electrons. The van der Waals surface area contributed by atoms with Crippen LogP contribution in [0.3, 0.4) is 0 Å². The summed E-state index contributed by atoms with van der Waals surface area (Å²) in [6.07, 6.45) is 2.94. The largest absolute Gasteiger partial charge is 0.404 e. The zero-order valence-corrected chi connectivity index (χ0v) is 10.9. The normalized spacial score (nSPS) is 11.7. The lowest BCUT2D eigenvalue weighted by Gasteiger charge is -2.06. The van der Waals surface area contributed by atoms with Crippen LogP contribution in [-0.2, 0) is 0 Å². The third kappa shape index (κ3) is 3.74. The third-order valence-electron chi connectivity index (χ3n) is 2.42. The second kappa shape index (κ2) is 6.61. The Morgan fingerprint density at radius 1 is 1.44 bits per heavy atom. The molecular formula is C15H17FN2. The number of aliphatic imine (C=N–C) groups is 1. The van der Waals surface area contributed by atoms with Gasteiger partial charge in [-0.1, -0.05) is 31.8 Å². The summed E-state index contributed by atoms with van der Waals surface area (Å²) in [4.78, 5) is 3.82. The van der Waals surface area contributed by atoms with Gasteiger partial charge in [-0.25, -0.2) is 4.39 Å². The fourth-order valence-electron chi connectivity index (χ4n) is 1.47. The zero-order valence-electron chi connectivity index (χ0n) is 10.9. The maximum Gasteiger partial charge on any atom is 0.127 e. The van der Waals surface area contributed by atoms with Crippen LogP contribution < -0.4 is 5.73 Å². The van der Waals surface area contributed by atoms with Crippen LogP contribution in [-0.4, -0.2) is 13.3 Å². The molecule has 0 aliphatic heterocycles. The third-order valence-corrected chi connectivity index (χ3v) is 2.42. The van der Waals surface area contributed by atoms with Crippen LogP contribution in [0.5, 0.6) is 0 Å². The molecule has 1 rings (SSSR count). The summed E-state index contributed by atoms with van der Waals surface area (Å²) in [5, 5.41) is 0. The first-order chi connectivity index (χ1) is 8.58. The lowest BCUT2D eigenvalue weighted by atomic mass is 10.0. The van der Waals surface area contributed by atoms with Gasteiger partial charge in [0.15, 0.2) is 0 Å². The van der Waals surface area contributed by atoms with E-state index in [9.17, 15) is 4.39 Å². The van der Waals surface area contributed by atoms with E-state index in [-0.39, 0.29) is 11.7 Å². The van der Waals surface area contributed by atoms with Gasteiger partial charge in [0.1, 0.15) is 5.82 Å². The van der Waals surface area contributed by atoms with E-state index in [0.717, 1.165) is 0 Å². The van der Waals surface area contributed by atoms with E-state index < -0.39 is 0 Å². The Morgan fingerprint density at radius 2 is 2.17 bits per heavy atom. The second-order valence-corrected chi connectivity index (χ2v) is 4.15. The zero-order chi connectivity index (χ0) is 13.5. The highest BCUT2D eigenvalue weighted by atomic mass is 19.1. The molecule has 0 radical (unpaired) electrons. The van der Waals surface area contributed by atoms with Crippen molar-refractivity contribution in [3.8, 4) is 11.8 Å². The van der Waals surface area contributed by atoms with E-state index >= 15 is 0 Å². The molecule has 0 aliphatic rings. The summed E-state index contributed by atoms with van der Waals surface area (Å²) in [5.74, 6) is 5.63. The minimum atomic E-state index is -0.223. The Morgan fingerprint density at radius 3 is 2.67 bits per heavy atom. The van der Waals surface area contributed by atoms with E-state index in [2.05, 4.69) is 16.8 Å². The van der Waals surface area contributed by atoms with E-state index in [1.54, 1.807) is 19.3 Å². The first-order valence-corrected chi connectivity index (χ1v) is 5.74. The van der Waals surface area contributed by atoms with Crippen molar-refractivity contribution in [1.29, 1.82) is 0 Å². The van der Waals surface area contributed by atoms with Gasteiger partial charge in [0.05, 0.1) is 5.57 Å². The van der Waals surface area contributed by atoms with Crippen molar-refractivity contribution in [1.82, 2.24) is 0 Å².